The normalized spacial score (nSPS) is 10.5. The Hall–Kier alpha value is -4.73. The highest BCUT2D eigenvalue weighted by Crippen LogP contribution is 2.41. The minimum absolute atomic E-state index is 0.0376. The molecule has 0 saturated heterocycles. The molecule has 0 bridgehead atoms. The van der Waals surface area contributed by atoms with E-state index in [0.717, 1.165) is 0 Å². The molecule has 186 valence electrons. The Morgan fingerprint density at radius 2 is 1.42 bits per heavy atom. The van der Waals surface area contributed by atoms with Gasteiger partial charge < -0.3 is 29.0 Å². The van der Waals surface area contributed by atoms with Gasteiger partial charge in [0.2, 0.25) is 11.6 Å². The minimum atomic E-state index is -0.487. The Morgan fingerprint density at radius 1 is 0.778 bits per heavy atom. The topological polar surface area (TPSA) is 106 Å². The van der Waals surface area contributed by atoms with Gasteiger partial charge in [0.25, 0.3) is 5.91 Å². The molecule has 0 unspecified atom stereocenters. The molecule has 0 saturated carbocycles. The van der Waals surface area contributed by atoms with Gasteiger partial charge in [0.05, 0.1) is 41.2 Å². The molecule has 1 amide bonds. The van der Waals surface area contributed by atoms with Crippen LogP contribution < -0.4 is 29.0 Å². The lowest BCUT2D eigenvalue weighted by molar-refractivity contribution is 0.101. The van der Waals surface area contributed by atoms with Crippen molar-refractivity contribution in [3.8, 4) is 45.8 Å². The van der Waals surface area contributed by atoms with E-state index >= 15 is 0 Å². The fourth-order valence-electron chi connectivity index (χ4n) is 3.62. The molecule has 10 nitrogen and oxygen atoms in total. The van der Waals surface area contributed by atoms with Crippen molar-refractivity contribution in [2.75, 3.05) is 40.9 Å². The molecule has 4 aromatic rings. The number of carbonyl (C=O) groups excluding carboxylic acids is 1. The van der Waals surface area contributed by atoms with E-state index in [2.05, 4.69) is 15.4 Å². The fourth-order valence-corrected chi connectivity index (χ4v) is 3.62. The first-order valence-electron chi connectivity index (χ1n) is 10.9. The summed E-state index contributed by atoms with van der Waals surface area (Å²) in [5.74, 6) is 2.42. The van der Waals surface area contributed by atoms with Gasteiger partial charge in [-0.25, -0.2) is 9.67 Å². The second-order valence-electron chi connectivity index (χ2n) is 7.47. The van der Waals surface area contributed by atoms with Crippen molar-refractivity contribution in [1.29, 1.82) is 0 Å². The Morgan fingerprint density at radius 3 is 2.03 bits per heavy atom. The molecule has 0 aliphatic rings. The lowest BCUT2D eigenvalue weighted by atomic mass is 10.1. The van der Waals surface area contributed by atoms with E-state index in [0.29, 0.717) is 51.5 Å². The summed E-state index contributed by atoms with van der Waals surface area (Å²) in [5.41, 5.74) is 1.79. The Kier molecular flexibility index (Phi) is 7.24. The third-order valence-corrected chi connectivity index (χ3v) is 5.36. The van der Waals surface area contributed by atoms with Crippen LogP contribution in [0.25, 0.3) is 17.1 Å². The molecule has 1 aromatic heterocycles. The summed E-state index contributed by atoms with van der Waals surface area (Å²) in [4.78, 5) is 17.7. The number of carbonyl (C=O) groups is 1. The number of hydrogen-bond donors (Lipinski definition) is 1. The number of methoxy groups -OCH3 is 5. The minimum Gasteiger partial charge on any atom is -0.497 e. The maximum absolute atomic E-state index is 13.1. The van der Waals surface area contributed by atoms with E-state index in [1.807, 2.05) is 18.2 Å². The molecule has 0 aliphatic carbocycles. The molecule has 0 radical (unpaired) electrons. The lowest BCUT2D eigenvalue weighted by Gasteiger charge is -2.14. The number of benzene rings is 3. The molecule has 0 fully saturated rings. The number of hydrogen-bond acceptors (Lipinski definition) is 8. The van der Waals surface area contributed by atoms with Crippen LogP contribution in [-0.4, -0.2) is 56.2 Å². The van der Waals surface area contributed by atoms with Crippen molar-refractivity contribution in [2.45, 2.75) is 0 Å². The zero-order valence-corrected chi connectivity index (χ0v) is 20.6. The van der Waals surface area contributed by atoms with E-state index in [-0.39, 0.29) is 5.82 Å². The molecule has 0 atom stereocenters. The van der Waals surface area contributed by atoms with Crippen LogP contribution in [0, 0.1) is 0 Å². The van der Waals surface area contributed by atoms with Crippen molar-refractivity contribution in [3.05, 3.63) is 66.5 Å². The van der Waals surface area contributed by atoms with Gasteiger partial charge in [-0.05, 0) is 36.4 Å². The number of ether oxygens (including phenoxy) is 5. The van der Waals surface area contributed by atoms with Gasteiger partial charge in [-0.3, -0.25) is 4.79 Å². The summed E-state index contributed by atoms with van der Waals surface area (Å²) < 4.78 is 28.6. The SMILES string of the molecule is COc1cccc(NC(=O)c2nc(-c3cc(OC)c(OC)c(OC)c3)n(-c3cccc(OC)c3)n2)c1. The predicted octanol–water partition coefficient (Wildman–Crippen LogP) is 4.23. The monoisotopic (exact) mass is 490 g/mol. The second kappa shape index (κ2) is 10.7. The highest BCUT2D eigenvalue weighted by atomic mass is 16.5. The van der Waals surface area contributed by atoms with Crippen molar-refractivity contribution in [3.63, 3.8) is 0 Å². The standard InChI is InChI=1S/C26H26N4O6/c1-32-19-10-6-8-17(14-19)27-26(31)24-28-25(30(29-24)18-9-7-11-20(15-18)33-2)16-12-21(34-3)23(36-5)22(13-16)35-4/h6-15H,1-5H3,(H,27,31). The first kappa shape index (κ1) is 24.4. The fraction of sp³-hybridized carbons (Fsp3) is 0.192. The Bertz CT molecular complexity index is 1360. The number of rotatable bonds is 9. The lowest BCUT2D eigenvalue weighted by Crippen LogP contribution is -2.14. The molecule has 36 heavy (non-hydrogen) atoms. The van der Waals surface area contributed by atoms with Crippen LogP contribution in [0.5, 0.6) is 28.7 Å². The summed E-state index contributed by atoms with van der Waals surface area (Å²) in [6.07, 6.45) is 0. The third-order valence-electron chi connectivity index (χ3n) is 5.36. The Balaban J connectivity index is 1.84. The molecule has 4 rings (SSSR count). The Labute approximate surface area is 208 Å². The first-order valence-corrected chi connectivity index (χ1v) is 10.9. The number of aromatic nitrogens is 3. The number of nitrogens with one attached hydrogen (secondary N) is 1. The van der Waals surface area contributed by atoms with Crippen LogP contribution in [0.2, 0.25) is 0 Å². The smallest absolute Gasteiger partial charge is 0.295 e. The molecular weight excluding hydrogens is 464 g/mol. The van der Waals surface area contributed by atoms with E-state index in [9.17, 15) is 4.79 Å². The van der Waals surface area contributed by atoms with Crippen LogP contribution in [-0.2, 0) is 0 Å². The van der Waals surface area contributed by atoms with Crippen molar-refractivity contribution in [2.24, 2.45) is 0 Å². The quantitative estimate of drug-likeness (QED) is 0.372. The maximum atomic E-state index is 13.1. The zero-order chi connectivity index (χ0) is 25.7. The van der Waals surface area contributed by atoms with Crippen molar-refractivity contribution in [1.82, 2.24) is 14.8 Å². The molecule has 3 aromatic carbocycles. The summed E-state index contributed by atoms with van der Waals surface area (Å²) in [6, 6.07) is 17.8. The van der Waals surface area contributed by atoms with Gasteiger partial charge >= 0.3 is 0 Å². The van der Waals surface area contributed by atoms with Crippen LogP contribution in [0.4, 0.5) is 5.69 Å². The highest BCUT2D eigenvalue weighted by Gasteiger charge is 2.22. The van der Waals surface area contributed by atoms with Crippen LogP contribution in [0.1, 0.15) is 10.6 Å². The van der Waals surface area contributed by atoms with Crippen LogP contribution in [0.15, 0.2) is 60.7 Å². The molecule has 0 spiro atoms. The van der Waals surface area contributed by atoms with E-state index in [4.69, 9.17) is 23.7 Å². The summed E-state index contributed by atoms with van der Waals surface area (Å²) in [5, 5.41) is 7.33. The maximum Gasteiger partial charge on any atom is 0.295 e. The average Bonchev–Trinajstić information content (AvgIpc) is 3.38. The summed E-state index contributed by atoms with van der Waals surface area (Å²) in [7, 11) is 7.72. The van der Waals surface area contributed by atoms with Gasteiger partial charge in [0, 0.05) is 23.4 Å². The van der Waals surface area contributed by atoms with Crippen molar-refractivity contribution < 1.29 is 28.5 Å². The number of amides is 1. The van der Waals surface area contributed by atoms with Gasteiger partial charge in [0.1, 0.15) is 11.5 Å². The average molecular weight is 491 g/mol. The molecule has 1 N–H and O–H groups in total. The second-order valence-corrected chi connectivity index (χ2v) is 7.47. The van der Waals surface area contributed by atoms with Gasteiger partial charge in [-0.1, -0.05) is 12.1 Å². The summed E-state index contributed by atoms with van der Waals surface area (Å²) >= 11 is 0. The van der Waals surface area contributed by atoms with E-state index in [1.54, 1.807) is 61.4 Å². The van der Waals surface area contributed by atoms with Crippen LogP contribution in [0.3, 0.4) is 0 Å². The summed E-state index contributed by atoms with van der Waals surface area (Å²) in [6.45, 7) is 0. The van der Waals surface area contributed by atoms with Gasteiger partial charge in [-0.15, -0.1) is 5.10 Å². The number of anilines is 1. The first-order chi connectivity index (χ1) is 17.5. The largest absolute Gasteiger partial charge is 0.497 e. The highest BCUT2D eigenvalue weighted by molar-refractivity contribution is 6.02. The molecular formula is C26H26N4O6. The van der Waals surface area contributed by atoms with E-state index < -0.39 is 5.91 Å². The third kappa shape index (κ3) is 4.88. The van der Waals surface area contributed by atoms with Crippen LogP contribution >= 0.6 is 0 Å². The zero-order valence-electron chi connectivity index (χ0n) is 20.6. The van der Waals surface area contributed by atoms with Gasteiger partial charge in [0.15, 0.2) is 17.3 Å². The molecule has 10 heteroatoms. The number of nitrogens with zero attached hydrogens (tertiary/aromatic N) is 3. The predicted molar refractivity (Wildman–Crippen MR) is 134 cm³/mol. The molecule has 1 heterocycles. The van der Waals surface area contributed by atoms with E-state index in [1.165, 1.54) is 21.3 Å². The molecule has 0 aliphatic heterocycles. The van der Waals surface area contributed by atoms with Gasteiger partial charge in [-0.2, -0.15) is 0 Å². The van der Waals surface area contributed by atoms with Crippen molar-refractivity contribution >= 4 is 11.6 Å².